The second-order valence-corrected chi connectivity index (χ2v) is 21.9. The summed E-state index contributed by atoms with van der Waals surface area (Å²) >= 11 is 0. The zero-order chi connectivity index (χ0) is 62.5. The normalized spacial score (nSPS) is 20.2. The highest BCUT2D eigenvalue weighted by Gasteiger charge is 2.18. The fourth-order valence-electron chi connectivity index (χ4n) is 9.01. The Balaban J connectivity index is 0. The quantitative estimate of drug-likeness (QED) is 0.138. The lowest BCUT2D eigenvalue weighted by atomic mass is 10.1. The van der Waals surface area contributed by atoms with Crippen LogP contribution in [-0.2, 0) is 33.3 Å². The fourth-order valence-corrected chi connectivity index (χ4v) is 9.01. The van der Waals surface area contributed by atoms with Gasteiger partial charge in [0.1, 0.15) is 0 Å². The van der Waals surface area contributed by atoms with E-state index in [1.165, 1.54) is 123 Å². The first kappa shape index (κ1) is 82.1. The number of carbonyl (C=O) groups excluding carboxylic acids is 4. The zero-order valence-electron chi connectivity index (χ0n) is 55.9. The Morgan fingerprint density at radius 1 is 0.506 bits per heavy atom. The summed E-state index contributed by atoms with van der Waals surface area (Å²) in [5.74, 6) is 0.226. The van der Waals surface area contributed by atoms with Crippen LogP contribution in [0.1, 0.15) is 93.4 Å². The third kappa shape index (κ3) is 50.8. The monoisotopic (exact) mass is 1190 g/mol. The van der Waals surface area contributed by atoms with Crippen molar-refractivity contribution in [2.24, 2.45) is 0 Å². The molecule has 4 N–H and O–H groups in total. The topological polar surface area (TPSA) is 189 Å². The maximum atomic E-state index is 10.9. The first-order valence-electron chi connectivity index (χ1n) is 31.5. The van der Waals surface area contributed by atoms with Crippen LogP contribution in [0.15, 0.2) is 12.7 Å². The van der Waals surface area contributed by atoms with E-state index in [1.807, 2.05) is 16.9 Å². The molecule has 0 spiro atoms. The second kappa shape index (κ2) is 56.8. The van der Waals surface area contributed by atoms with Crippen LogP contribution in [0.5, 0.6) is 0 Å². The fraction of sp³-hybridized carbons (Fsp3) is 0.900. The van der Waals surface area contributed by atoms with Crippen molar-refractivity contribution in [1.82, 2.24) is 75.6 Å². The summed E-state index contributed by atoms with van der Waals surface area (Å²) in [6.45, 7) is 50.7. The Morgan fingerprint density at radius 2 is 0.916 bits per heavy atom. The molecule has 7 saturated heterocycles. The second-order valence-electron chi connectivity index (χ2n) is 21.9. The number of nitrogens with zero attached hydrogens (tertiary/aromatic N) is 11. The number of likely N-dealkylation sites (tertiary alicyclic amines) is 2. The molecular weight excluding hydrogens is 1060 g/mol. The average Bonchev–Trinajstić information content (AvgIpc) is 3.50. The first-order valence-corrected chi connectivity index (χ1v) is 31.5. The SMILES string of the molecule is C=CC(=O)CC.CC(=O)NC1CCN(C)CC1.CC(=O)NN1CCN(C)CC1.CCCN1CCN(C)CC1.CCN1CCCCC1.CCN1CCN(CC)CC1.CNC(=O)NN1CCN(C)CC1.COCCOC.COCN1CCOCC1. The molecule has 7 rings (SSSR count). The van der Waals surface area contributed by atoms with Crippen molar-refractivity contribution in [3.05, 3.63) is 12.7 Å². The highest BCUT2D eigenvalue weighted by Crippen LogP contribution is 2.08. The number of piperazine rings is 4. The number of hydrazine groups is 2. The van der Waals surface area contributed by atoms with E-state index < -0.39 is 0 Å². The van der Waals surface area contributed by atoms with Crippen molar-refractivity contribution < 1.29 is 38.1 Å². The van der Waals surface area contributed by atoms with E-state index in [0.29, 0.717) is 25.7 Å². The van der Waals surface area contributed by atoms with E-state index in [9.17, 15) is 19.2 Å². The van der Waals surface area contributed by atoms with Gasteiger partial charge in [0.2, 0.25) is 11.8 Å². The number of nitrogens with one attached hydrogen (secondary N) is 4. The van der Waals surface area contributed by atoms with Gasteiger partial charge in [-0.3, -0.25) is 30.1 Å². The van der Waals surface area contributed by atoms with Gasteiger partial charge in [-0.1, -0.05) is 47.6 Å². The molecule has 23 heteroatoms. The van der Waals surface area contributed by atoms with Gasteiger partial charge in [0, 0.05) is 172 Å². The van der Waals surface area contributed by atoms with Crippen molar-refractivity contribution in [3.8, 4) is 0 Å². The van der Waals surface area contributed by atoms with Crippen LogP contribution in [0.3, 0.4) is 0 Å². The molecule has 492 valence electrons. The summed E-state index contributed by atoms with van der Waals surface area (Å²) in [5, 5.41) is 9.34. The molecule has 0 radical (unpaired) electrons. The van der Waals surface area contributed by atoms with Crippen LogP contribution in [0.2, 0.25) is 0 Å². The van der Waals surface area contributed by atoms with Gasteiger partial charge >= 0.3 is 6.03 Å². The molecule has 7 heterocycles. The number of ketones is 1. The van der Waals surface area contributed by atoms with Crippen molar-refractivity contribution in [3.63, 3.8) is 0 Å². The van der Waals surface area contributed by atoms with Crippen LogP contribution in [0.25, 0.3) is 0 Å². The number of urea groups is 1. The largest absolute Gasteiger partial charge is 0.382 e. The molecule has 7 aliphatic heterocycles. The molecule has 0 atom stereocenters. The minimum atomic E-state index is -0.139. The van der Waals surface area contributed by atoms with Gasteiger partial charge in [-0.05, 0) is 119 Å². The van der Waals surface area contributed by atoms with Gasteiger partial charge in [-0.2, -0.15) is 0 Å². The summed E-state index contributed by atoms with van der Waals surface area (Å²) in [6, 6.07) is 0.281. The maximum Gasteiger partial charge on any atom is 0.329 e. The van der Waals surface area contributed by atoms with E-state index in [4.69, 9.17) is 9.47 Å². The number of hydrogen-bond acceptors (Lipinski definition) is 19. The van der Waals surface area contributed by atoms with Gasteiger partial charge in [0.05, 0.1) is 33.2 Å². The standard InChI is InChI=1S/C8H16N2O.2C8H18N2.C7H16N4O.C7H15N3O.C7H15N.C6H13NO2.C5H8O.C4H10O2/c1-7(11)9-8-3-5-10(2)6-4-8;1-3-4-10-7-5-9(2)6-8-10;1-3-9-5-7-10(4-2)8-6-9;1-8-7(12)9-11-5-3-10(2)4-6-11;1-7(11)8-10-5-3-9(2)4-6-10;1-2-8-6-4-3-5-7-8;1-8-6-7-2-4-9-5-3-7;1-3-5(6)4-2;1-5-3-4-6-2/h8H,3-6H2,1-2H3,(H,9,11);2*3-8H2,1-2H3;3-6H2,1-2H3,(H2,8,9,12);3-6H2,1-2H3,(H,8,11);2-7H2,1H3;2-6H2,1H3;3H,1,4H2,2H3;3-4H2,1-2H3. The lowest BCUT2D eigenvalue weighted by Crippen LogP contribution is -2.54. The number of carbonyl (C=O) groups is 4. The van der Waals surface area contributed by atoms with Gasteiger partial charge in [0.15, 0.2) is 5.78 Å². The highest BCUT2D eigenvalue weighted by molar-refractivity contribution is 5.88. The van der Waals surface area contributed by atoms with E-state index in [0.717, 1.165) is 111 Å². The van der Waals surface area contributed by atoms with Crippen LogP contribution in [0.4, 0.5) is 4.79 Å². The van der Waals surface area contributed by atoms with E-state index >= 15 is 0 Å². The Labute approximate surface area is 507 Å². The molecule has 0 bridgehead atoms. The number of methoxy groups -OCH3 is 3. The summed E-state index contributed by atoms with van der Waals surface area (Å²) in [7, 11) is 15.1. The van der Waals surface area contributed by atoms with E-state index in [1.54, 1.807) is 42.2 Å². The van der Waals surface area contributed by atoms with Crippen LogP contribution in [-0.4, -0.2) is 344 Å². The van der Waals surface area contributed by atoms with Crippen molar-refractivity contribution in [2.75, 3.05) is 260 Å². The molecule has 0 aromatic heterocycles. The smallest absolute Gasteiger partial charge is 0.329 e. The van der Waals surface area contributed by atoms with Gasteiger partial charge < -0.3 is 68.8 Å². The molecule has 0 aromatic carbocycles. The zero-order valence-corrected chi connectivity index (χ0v) is 55.9. The van der Waals surface area contributed by atoms with Crippen LogP contribution in [0, 0.1) is 0 Å². The molecular formula is C60H129N15O8. The number of piperidine rings is 2. The minimum Gasteiger partial charge on any atom is -0.382 e. The Bertz CT molecular complexity index is 1440. The number of ether oxygens (including phenoxy) is 4. The number of likely N-dealkylation sites (N-methyl/N-ethyl adjacent to an activating group) is 5. The molecule has 23 nitrogen and oxygen atoms in total. The third-order valence-electron chi connectivity index (χ3n) is 14.8. The Morgan fingerprint density at radius 3 is 1.25 bits per heavy atom. The van der Waals surface area contributed by atoms with Crippen molar-refractivity contribution >= 4 is 23.6 Å². The van der Waals surface area contributed by atoms with Crippen LogP contribution >= 0.6 is 0 Å². The number of morpholine rings is 1. The van der Waals surface area contributed by atoms with Gasteiger partial charge in [-0.15, -0.1) is 0 Å². The molecule has 0 aromatic rings. The van der Waals surface area contributed by atoms with Gasteiger partial charge in [-0.25, -0.2) is 14.8 Å². The van der Waals surface area contributed by atoms with Gasteiger partial charge in [0.25, 0.3) is 0 Å². The van der Waals surface area contributed by atoms with Crippen molar-refractivity contribution in [2.45, 2.75) is 99.5 Å². The number of allylic oxidation sites excluding steroid dienone is 1. The minimum absolute atomic E-state index is 0.0227. The highest BCUT2D eigenvalue weighted by atomic mass is 16.5. The lowest BCUT2D eigenvalue weighted by Gasteiger charge is -2.33. The number of hydrogen-bond donors (Lipinski definition) is 4. The molecule has 7 fully saturated rings. The molecule has 83 heavy (non-hydrogen) atoms. The summed E-state index contributed by atoms with van der Waals surface area (Å²) in [5.41, 5.74) is 5.52. The molecule has 4 amide bonds. The van der Waals surface area contributed by atoms with E-state index in [2.05, 4.69) is 138 Å². The summed E-state index contributed by atoms with van der Waals surface area (Å²) in [4.78, 5) is 63.7. The maximum absolute atomic E-state index is 10.9. The Hall–Kier alpha value is -2.98. The van der Waals surface area contributed by atoms with Crippen molar-refractivity contribution in [1.29, 1.82) is 0 Å². The molecule has 0 unspecified atom stereocenters. The predicted molar refractivity (Wildman–Crippen MR) is 342 cm³/mol. The Kier molecular flexibility index (Phi) is 56.2. The number of amides is 4. The predicted octanol–water partition coefficient (Wildman–Crippen LogP) is 2.71. The third-order valence-corrected chi connectivity index (χ3v) is 14.8. The lowest BCUT2D eigenvalue weighted by molar-refractivity contribution is -0.124. The average molecular weight is 1190 g/mol. The molecule has 0 aliphatic carbocycles. The molecule has 0 saturated carbocycles. The summed E-state index contributed by atoms with van der Waals surface area (Å²) < 4.78 is 19.4. The first-order chi connectivity index (χ1) is 39.9. The number of rotatable bonds is 15. The molecule has 7 aliphatic rings. The van der Waals surface area contributed by atoms with E-state index in [-0.39, 0.29) is 23.6 Å². The van der Waals surface area contributed by atoms with Crippen LogP contribution < -0.4 is 21.5 Å². The summed E-state index contributed by atoms with van der Waals surface area (Å²) in [6.07, 6.45) is 9.69.